The molecule has 4 aromatic rings. The summed E-state index contributed by atoms with van der Waals surface area (Å²) in [5, 5.41) is 19.9. The van der Waals surface area contributed by atoms with Crippen LogP contribution in [0.25, 0.3) is 0 Å². The van der Waals surface area contributed by atoms with Gasteiger partial charge >= 0.3 is 29.6 Å². The molecule has 0 bridgehead atoms. The van der Waals surface area contributed by atoms with Crippen LogP contribution in [0.5, 0.6) is 0 Å². The summed E-state index contributed by atoms with van der Waals surface area (Å²) in [5.74, 6) is 0. The van der Waals surface area contributed by atoms with Crippen LogP contribution in [0.1, 0.15) is 90.9 Å². The third-order valence-corrected chi connectivity index (χ3v) is 11.9. The van der Waals surface area contributed by atoms with Crippen molar-refractivity contribution in [1.82, 2.24) is 7.91 Å². The third-order valence-electron chi connectivity index (χ3n) is 6.80. The second kappa shape index (κ2) is 26.0. The second-order valence-corrected chi connectivity index (χ2v) is 15.7. The molecule has 260 valence electrons. The summed E-state index contributed by atoms with van der Waals surface area (Å²) in [6.07, 6.45) is 17.5. The Balaban J connectivity index is 0.000000398. The Kier molecular flexibility index (Phi) is 24.5. The average Bonchev–Trinajstić information content (AvgIpc) is 3.47. The summed E-state index contributed by atoms with van der Waals surface area (Å²) >= 11 is 26.3. The van der Waals surface area contributed by atoms with Gasteiger partial charge in [0.1, 0.15) is 23.6 Å². The van der Waals surface area contributed by atoms with Crippen molar-refractivity contribution < 1.29 is 49.4 Å². The van der Waals surface area contributed by atoms with E-state index < -0.39 is 0 Å². The van der Waals surface area contributed by atoms with E-state index >= 15 is 0 Å². The van der Waals surface area contributed by atoms with Gasteiger partial charge in [0.25, 0.3) is 16.1 Å². The molecule has 0 aliphatic heterocycles. The number of hydrogen-bond donors (Lipinski definition) is 2. The maximum atomic E-state index is 12.2. The molecule has 4 rings (SSSR count). The van der Waals surface area contributed by atoms with Gasteiger partial charge in [-0.05, 0) is 64.5 Å². The van der Waals surface area contributed by atoms with Crippen molar-refractivity contribution in [3.63, 3.8) is 0 Å². The van der Waals surface area contributed by atoms with Gasteiger partial charge in [0.2, 0.25) is 12.4 Å². The molecule has 0 unspecified atom stereocenters. The monoisotopic (exact) mass is 804 g/mol. The summed E-state index contributed by atoms with van der Waals surface area (Å²) in [6.45, 7) is 5.86. The van der Waals surface area contributed by atoms with Crippen LogP contribution in [0.2, 0.25) is 14.4 Å². The van der Waals surface area contributed by atoms with Crippen LogP contribution in [-0.2, 0) is 25.7 Å². The van der Waals surface area contributed by atoms with E-state index in [-0.39, 0.29) is 50.7 Å². The Morgan fingerprint density at radius 3 is 1.65 bits per heavy atom. The van der Waals surface area contributed by atoms with Gasteiger partial charge in [0.05, 0.1) is 0 Å². The van der Waals surface area contributed by atoms with E-state index in [0.717, 1.165) is 39.5 Å². The predicted molar refractivity (Wildman–Crippen MR) is 196 cm³/mol. The van der Waals surface area contributed by atoms with Gasteiger partial charge in [-0.15, -0.1) is 0 Å². The number of nitrogens with zero attached hydrogens (tertiary/aromatic N) is 4. The van der Waals surface area contributed by atoms with Crippen LogP contribution >= 0.6 is 69.6 Å². The van der Waals surface area contributed by atoms with Gasteiger partial charge in [-0.1, -0.05) is 119 Å². The van der Waals surface area contributed by atoms with E-state index in [1.54, 1.807) is 44.4 Å². The maximum absolute atomic E-state index is 12.2. The first-order valence-electron chi connectivity index (χ1n) is 15.8. The zero-order valence-corrected chi connectivity index (χ0v) is 35.3. The smallest absolute Gasteiger partial charge is 0.705 e. The molecule has 0 atom stereocenters. The van der Waals surface area contributed by atoms with E-state index in [0.29, 0.717) is 20.9 Å². The van der Waals surface area contributed by atoms with Crippen molar-refractivity contribution in [1.29, 1.82) is 0 Å². The number of unbranched alkanes of at least 4 members (excludes halogenated alkanes) is 10. The summed E-state index contributed by atoms with van der Waals surface area (Å²) in [6, 6.07) is 10.5. The Morgan fingerprint density at radius 1 is 0.708 bits per heavy atom. The number of aryl methyl sites for hydroxylation is 2. The number of aromatic nitrogens is 4. The van der Waals surface area contributed by atoms with E-state index in [1.807, 2.05) is 6.07 Å². The fraction of sp³-hybridized carbons (Fsp3) is 0.500. The normalized spacial score (nSPS) is 10.4. The minimum Gasteiger partial charge on any atom is -0.705 e. The van der Waals surface area contributed by atoms with Crippen LogP contribution in [-0.4, -0.2) is 18.3 Å². The molecular formula is C32H44Cl3N4NaO4S4+2. The summed E-state index contributed by atoms with van der Waals surface area (Å²) < 4.78 is 6.41. The summed E-state index contributed by atoms with van der Waals surface area (Å²) in [7, 11) is 0. The SMILES string of the molecule is CCCCCCCCn1sc(Cl)c(Cl)c1=O.CCCCCCCCn1sc(Sc2cccc[n+]2O)c(Cl)c1=O.O[n+]1ccccc1[S-].[Na+]. The average molecular weight is 806 g/mol. The number of halogens is 3. The molecular weight excluding hydrogens is 762 g/mol. The zero-order chi connectivity index (χ0) is 34.6. The molecule has 4 heterocycles. The number of rotatable bonds is 16. The van der Waals surface area contributed by atoms with Crippen LogP contribution in [0.3, 0.4) is 0 Å². The first-order valence-corrected chi connectivity index (χ1v) is 19.7. The molecule has 0 radical (unpaired) electrons. The van der Waals surface area contributed by atoms with E-state index in [1.165, 1.54) is 98.8 Å². The first-order chi connectivity index (χ1) is 22.6. The van der Waals surface area contributed by atoms with E-state index in [4.69, 9.17) is 40.0 Å². The Morgan fingerprint density at radius 2 is 1.19 bits per heavy atom. The van der Waals surface area contributed by atoms with E-state index in [9.17, 15) is 14.8 Å². The third kappa shape index (κ3) is 16.5. The predicted octanol–water partition coefficient (Wildman–Crippen LogP) is 6.30. The zero-order valence-electron chi connectivity index (χ0n) is 27.8. The van der Waals surface area contributed by atoms with Crippen molar-refractivity contribution >= 4 is 82.3 Å². The molecule has 0 aromatic carbocycles. The maximum Gasteiger partial charge on any atom is 1.00 e. The molecule has 4 aromatic heterocycles. The molecule has 8 nitrogen and oxygen atoms in total. The minimum absolute atomic E-state index is 0. The van der Waals surface area contributed by atoms with Crippen molar-refractivity contribution in [3.8, 4) is 0 Å². The Bertz CT molecular complexity index is 1580. The number of hydrogen-bond acceptors (Lipinski definition) is 8. The van der Waals surface area contributed by atoms with Gasteiger partial charge in [-0.25, -0.2) is 0 Å². The fourth-order valence-corrected chi connectivity index (χ4v) is 8.15. The molecule has 16 heteroatoms. The molecule has 0 fully saturated rings. The molecule has 0 aliphatic carbocycles. The van der Waals surface area contributed by atoms with Crippen molar-refractivity contribution in [2.75, 3.05) is 0 Å². The standard InChI is InChI=1S/C16H22ClN2O2S2.C11H17Cl2NOS.C5H5NOS.Na/c1-2-3-4-5-6-8-12-19-15(20)14(17)16(23-19)22-13-10-7-9-11-18(13)21;1-2-3-4-5-6-7-8-14-11(15)9(12)10(13)16-14;7-6-4-2-1-3-5(6)8;/h7,9-11,21H,2-6,8,12H2,1H3;2-8H2,1H3;1-4,7H;/q+1;;;+1. The van der Waals surface area contributed by atoms with Crippen molar-refractivity contribution in [2.24, 2.45) is 0 Å². The van der Waals surface area contributed by atoms with Gasteiger partial charge < -0.3 is 12.6 Å². The first kappa shape index (κ1) is 45.2. The van der Waals surface area contributed by atoms with Gasteiger partial charge in [0, 0.05) is 36.0 Å². The number of pyridine rings is 2. The summed E-state index contributed by atoms with van der Waals surface area (Å²) in [5.41, 5.74) is -0.279. The molecule has 0 amide bonds. The van der Waals surface area contributed by atoms with Crippen molar-refractivity contribution in [2.45, 2.75) is 118 Å². The van der Waals surface area contributed by atoms with Crippen LogP contribution in [0.15, 0.2) is 72.6 Å². The summed E-state index contributed by atoms with van der Waals surface area (Å²) in [4.78, 5) is 23.7. The molecule has 0 saturated heterocycles. The Labute approximate surface area is 338 Å². The largest absolute Gasteiger partial charge is 1.00 e. The van der Waals surface area contributed by atoms with Crippen LogP contribution in [0.4, 0.5) is 0 Å². The fourth-order valence-electron chi connectivity index (χ4n) is 4.19. The van der Waals surface area contributed by atoms with Gasteiger partial charge in [0.15, 0.2) is 0 Å². The quantitative estimate of drug-likeness (QED) is 0.0455. The van der Waals surface area contributed by atoms with E-state index in [2.05, 4.69) is 26.5 Å². The van der Waals surface area contributed by atoms with Gasteiger partial charge in [-0.2, -0.15) is 0 Å². The van der Waals surface area contributed by atoms with Crippen LogP contribution in [0, 0.1) is 0 Å². The minimum atomic E-state index is -0.148. The van der Waals surface area contributed by atoms with Gasteiger partial charge in [-0.3, -0.25) is 27.9 Å². The molecule has 48 heavy (non-hydrogen) atoms. The Hall–Kier alpha value is -0.800. The topological polar surface area (TPSA) is 92.2 Å². The molecule has 0 aliphatic rings. The molecule has 2 N–H and O–H groups in total. The van der Waals surface area contributed by atoms with Crippen LogP contribution < -0.4 is 50.1 Å². The second-order valence-electron chi connectivity index (χ2n) is 10.6. The van der Waals surface area contributed by atoms with Crippen molar-refractivity contribution in [3.05, 3.63) is 83.9 Å². The molecule has 0 saturated carbocycles. The molecule has 0 spiro atoms.